The Hall–Kier alpha value is -4.44. The van der Waals surface area contributed by atoms with Gasteiger partial charge in [0.05, 0.1) is 29.5 Å². The number of ether oxygens (including phenoxy) is 2. The SMILES string of the molecule is CCC(Sc1cccc(NC(=O)/C(=C\c2ccc(OC)cc2OC)NC(=O)c2ccccc2)c1)C(=O)Nc1ccc(Cl)c(Cl)c1. The molecule has 0 aliphatic heterocycles. The highest BCUT2D eigenvalue weighted by molar-refractivity contribution is 8.00. The number of halogens is 2. The van der Waals surface area contributed by atoms with Crippen molar-refractivity contribution < 1.29 is 23.9 Å². The first kappa shape index (κ1) is 33.5. The van der Waals surface area contributed by atoms with E-state index in [-0.39, 0.29) is 11.6 Å². The van der Waals surface area contributed by atoms with Crippen LogP contribution in [-0.2, 0) is 9.59 Å². The highest BCUT2D eigenvalue weighted by Gasteiger charge is 2.20. The van der Waals surface area contributed by atoms with Gasteiger partial charge < -0.3 is 25.4 Å². The lowest BCUT2D eigenvalue weighted by Gasteiger charge is -2.16. The summed E-state index contributed by atoms with van der Waals surface area (Å²) in [6.45, 7) is 1.91. The summed E-state index contributed by atoms with van der Waals surface area (Å²) in [4.78, 5) is 40.5. The van der Waals surface area contributed by atoms with Crippen molar-refractivity contribution in [3.8, 4) is 11.5 Å². The van der Waals surface area contributed by atoms with E-state index in [1.807, 2.05) is 13.0 Å². The van der Waals surface area contributed by atoms with Crippen LogP contribution in [0.2, 0.25) is 10.0 Å². The molecule has 0 aromatic heterocycles. The summed E-state index contributed by atoms with van der Waals surface area (Å²) in [5.74, 6) is -0.167. The molecule has 0 saturated carbocycles. The van der Waals surface area contributed by atoms with Gasteiger partial charge in [-0.3, -0.25) is 14.4 Å². The maximum Gasteiger partial charge on any atom is 0.272 e. The molecule has 0 aliphatic rings. The van der Waals surface area contributed by atoms with Gasteiger partial charge in [0, 0.05) is 33.5 Å². The average molecular weight is 665 g/mol. The fraction of sp³-hybridized carbons (Fsp3) is 0.147. The molecule has 11 heteroatoms. The van der Waals surface area contributed by atoms with Crippen LogP contribution in [0, 0.1) is 0 Å². The van der Waals surface area contributed by atoms with Crippen molar-refractivity contribution in [3.63, 3.8) is 0 Å². The Morgan fingerprint density at radius 1 is 0.822 bits per heavy atom. The molecule has 1 unspecified atom stereocenters. The van der Waals surface area contributed by atoms with Gasteiger partial charge in [-0.2, -0.15) is 0 Å². The van der Waals surface area contributed by atoms with Gasteiger partial charge in [-0.1, -0.05) is 54.4 Å². The van der Waals surface area contributed by atoms with Gasteiger partial charge >= 0.3 is 0 Å². The first-order valence-corrected chi connectivity index (χ1v) is 15.5. The third kappa shape index (κ3) is 9.28. The molecular weight excluding hydrogens is 633 g/mol. The summed E-state index contributed by atoms with van der Waals surface area (Å²) in [6, 6.07) is 25.7. The normalized spacial score (nSPS) is 11.7. The van der Waals surface area contributed by atoms with Gasteiger partial charge in [-0.05, 0) is 73.2 Å². The third-order valence-electron chi connectivity index (χ3n) is 6.49. The van der Waals surface area contributed by atoms with Crippen LogP contribution in [0.15, 0.2) is 102 Å². The minimum atomic E-state index is -0.552. The molecule has 4 rings (SSSR count). The van der Waals surface area contributed by atoms with Gasteiger partial charge in [0.25, 0.3) is 11.8 Å². The highest BCUT2D eigenvalue weighted by atomic mass is 35.5. The van der Waals surface area contributed by atoms with Crippen LogP contribution in [0.5, 0.6) is 11.5 Å². The van der Waals surface area contributed by atoms with Crippen molar-refractivity contribution in [1.82, 2.24) is 5.32 Å². The number of anilines is 2. The zero-order valence-corrected chi connectivity index (χ0v) is 27.1. The first-order valence-electron chi connectivity index (χ1n) is 13.8. The average Bonchev–Trinajstić information content (AvgIpc) is 3.05. The van der Waals surface area contributed by atoms with Crippen molar-refractivity contribution >= 4 is 70.1 Å². The highest BCUT2D eigenvalue weighted by Crippen LogP contribution is 2.31. The lowest BCUT2D eigenvalue weighted by Crippen LogP contribution is -2.30. The van der Waals surface area contributed by atoms with Crippen molar-refractivity contribution in [2.45, 2.75) is 23.5 Å². The molecule has 0 heterocycles. The van der Waals surface area contributed by atoms with Crippen molar-refractivity contribution in [3.05, 3.63) is 118 Å². The van der Waals surface area contributed by atoms with Crippen LogP contribution >= 0.6 is 35.0 Å². The Labute approximate surface area is 276 Å². The van der Waals surface area contributed by atoms with E-state index in [1.54, 1.807) is 92.0 Å². The maximum absolute atomic E-state index is 13.6. The number of hydrogen-bond acceptors (Lipinski definition) is 6. The number of carbonyl (C=O) groups excluding carboxylic acids is 3. The lowest BCUT2D eigenvalue weighted by molar-refractivity contribution is -0.116. The van der Waals surface area contributed by atoms with E-state index in [0.29, 0.717) is 50.5 Å². The monoisotopic (exact) mass is 663 g/mol. The van der Waals surface area contributed by atoms with Crippen LogP contribution in [0.25, 0.3) is 6.08 Å². The predicted octanol–water partition coefficient (Wildman–Crippen LogP) is 7.93. The molecule has 3 N–H and O–H groups in total. The van der Waals surface area contributed by atoms with E-state index in [4.69, 9.17) is 32.7 Å². The Balaban J connectivity index is 1.54. The molecule has 0 aliphatic carbocycles. The molecule has 1 atom stereocenters. The van der Waals surface area contributed by atoms with Crippen LogP contribution in [0.1, 0.15) is 29.3 Å². The number of carbonyl (C=O) groups is 3. The molecule has 0 bridgehead atoms. The quantitative estimate of drug-likeness (QED) is 0.105. The Bertz CT molecular complexity index is 1720. The van der Waals surface area contributed by atoms with E-state index in [1.165, 1.54) is 24.9 Å². The summed E-state index contributed by atoms with van der Waals surface area (Å²) in [7, 11) is 3.05. The van der Waals surface area contributed by atoms with Gasteiger partial charge in [0.2, 0.25) is 5.91 Å². The van der Waals surface area contributed by atoms with Gasteiger partial charge in [-0.15, -0.1) is 11.8 Å². The van der Waals surface area contributed by atoms with Crippen molar-refractivity contribution in [1.29, 1.82) is 0 Å². The summed E-state index contributed by atoms with van der Waals surface area (Å²) < 4.78 is 10.8. The third-order valence-corrected chi connectivity index (χ3v) is 8.59. The first-order chi connectivity index (χ1) is 21.7. The Morgan fingerprint density at radius 3 is 2.27 bits per heavy atom. The molecule has 45 heavy (non-hydrogen) atoms. The number of nitrogens with one attached hydrogen (secondary N) is 3. The molecule has 0 radical (unpaired) electrons. The lowest BCUT2D eigenvalue weighted by atomic mass is 10.1. The number of rotatable bonds is 12. The van der Waals surface area contributed by atoms with Crippen LogP contribution in [-0.4, -0.2) is 37.2 Å². The number of benzene rings is 4. The fourth-order valence-corrected chi connectivity index (χ4v) is 5.48. The molecule has 3 amide bonds. The van der Waals surface area contributed by atoms with Crippen molar-refractivity contribution in [2.75, 3.05) is 24.9 Å². The van der Waals surface area contributed by atoms with E-state index >= 15 is 0 Å². The molecular formula is C34H31Cl2N3O5S. The Morgan fingerprint density at radius 2 is 1.58 bits per heavy atom. The zero-order chi connectivity index (χ0) is 32.3. The van der Waals surface area contributed by atoms with E-state index < -0.39 is 17.1 Å². The predicted molar refractivity (Wildman–Crippen MR) is 182 cm³/mol. The standard InChI is InChI=1S/C34H31Cl2N3O5S/c1-4-31(34(42)38-24-14-16-27(35)28(36)19-24)45-26-12-8-11-23(18-26)37-33(41)29(39-32(40)21-9-6-5-7-10-21)17-22-13-15-25(43-2)20-30(22)44-3/h5-20,31H,4H2,1-3H3,(H,37,41)(H,38,42)(H,39,40)/b29-17+. The molecule has 4 aromatic carbocycles. The minimum absolute atomic E-state index is 0.00202. The molecule has 0 saturated heterocycles. The second kappa shape index (κ2) is 16.0. The van der Waals surface area contributed by atoms with Crippen LogP contribution in [0.4, 0.5) is 11.4 Å². The Kier molecular flexibility index (Phi) is 11.9. The second-order valence-corrected chi connectivity index (χ2v) is 11.7. The van der Waals surface area contributed by atoms with E-state index in [2.05, 4.69) is 16.0 Å². The number of thioether (sulfide) groups is 1. The van der Waals surface area contributed by atoms with Crippen LogP contribution in [0.3, 0.4) is 0 Å². The number of amides is 3. The summed E-state index contributed by atoms with van der Waals surface area (Å²) in [5.41, 5.74) is 1.96. The smallest absolute Gasteiger partial charge is 0.272 e. The number of methoxy groups -OCH3 is 2. The fourth-order valence-electron chi connectivity index (χ4n) is 4.16. The zero-order valence-electron chi connectivity index (χ0n) is 24.7. The second-order valence-electron chi connectivity index (χ2n) is 9.60. The number of hydrogen-bond donors (Lipinski definition) is 3. The van der Waals surface area contributed by atoms with Gasteiger partial charge in [0.1, 0.15) is 17.2 Å². The molecule has 0 spiro atoms. The largest absolute Gasteiger partial charge is 0.497 e. The van der Waals surface area contributed by atoms with Crippen molar-refractivity contribution in [2.24, 2.45) is 0 Å². The summed E-state index contributed by atoms with van der Waals surface area (Å²) >= 11 is 13.4. The topological polar surface area (TPSA) is 106 Å². The van der Waals surface area contributed by atoms with E-state index in [0.717, 1.165) is 4.90 Å². The van der Waals surface area contributed by atoms with Gasteiger partial charge in [0.15, 0.2) is 0 Å². The van der Waals surface area contributed by atoms with E-state index in [9.17, 15) is 14.4 Å². The molecule has 0 fully saturated rings. The molecule has 8 nitrogen and oxygen atoms in total. The van der Waals surface area contributed by atoms with Crippen LogP contribution < -0.4 is 25.4 Å². The summed E-state index contributed by atoms with van der Waals surface area (Å²) in [5, 5.41) is 8.79. The molecule has 232 valence electrons. The summed E-state index contributed by atoms with van der Waals surface area (Å²) in [6.07, 6.45) is 2.09. The maximum atomic E-state index is 13.6. The minimum Gasteiger partial charge on any atom is -0.497 e. The molecule has 4 aromatic rings. The van der Waals surface area contributed by atoms with Gasteiger partial charge in [-0.25, -0.2) is 0 Å².